The molecule has 1 aromatic carbocycles. The van der Waals surface area contributed by atoms with Crippen LogP contribution in [0, 0.1) is 0 Å². The highest BCUT2D eigenvalue weighted by atomic mass is 32.1. The standard InChI is InChI=1S/C14H14N2OS/c1-9(15-2)14-16-7-12(17-14)11-8-18-13-6-4-3-5-10(11)13/h3-9,15H,1-2H3. The van der Waals surface area contributed by atoms with Crippen LogP contribution in [0.5, 0.6) is 0 Å². The molecule has 0 spiro atoms. The van der Waals surface area contributed by atoms with Gasteiger partial charge in [0.05, 0.1) is 12.2 Å². The molecule has 0 bridgehead atoms. The van der Waals surface area contributed by atoms with Crippen LogP contribution < -0.4 is 5.32 Å². The van der Waals surface area contributed by atoms with Gasteiger partial charge in [-0.25, -0.2) is 4.98 Å². The molecule has 3 aromatic rings. The first-order chi connectivity index (χ1) is 8.79. The Hall–Kier alpha value is -1.65. The van der Waals surface area contributed by atoms with Crippen molar-refractivity contribution in [1.82, 2.24) is 10.3 Å². The molecule has 0 fully saturated rings. The molecule has 1 unspecified atom stereocenters. The molecule has 0 saturated carbocycles. The minimum atomic E-state index is 0.128. The molecule has 4 heteroatoms. The lowest BCUT2D eigenvalue weighted by Gasteiger charge is -2.03. The molecule has 0 saturated heterocycles. The summed E-state index contributed by atoms with van der Waals surface area (Å²) in [4.78, 5) is 4.33. The lowest BCUT2D eigenvalue weighted by Crippen LogP contribution is -2.12. The number of hydrogen-bond donors (Lipinski definition) is 1. The molecule has 3 rings (SSSR count). The maximum absolute atomic E-state index is 5.82. The third-order valence-corrected chi connectivity index (χ3v) is 4.04. The van der Waals surface area contributed by atoms with Crippen molar-refractivity contribution in [3.8, 4) is 11.3 Å². The van der Waals surface area contributed by atoms with Crippen LogP contribution in [0.2, 0.25) is 0 Å². The largest absolute Gasteiger partial charge is 0.439 e. The van der Waals surface area contributed by atoms with Crippen LogP contribution in [0.4, 0.5) is 0 Å². The maximum atomic E-state index is 5.82. The van der Waals surface area contributed by atoms with Crippen LogP contribution in [-0.2, 0) is 0 Å². The monoisotopic (exact) mass is 258 g/mol. The summed E-state index contributed by atoms with van der Waals surface area (Å²) >= 11 is 1.73. The number of fused-ring (bicyclic) bond motifs is 1. The third-order valence-electron chi connectivity index (χ3n) is 3.07. The molecule has 0 radical (unpaired) electrons. The smallest absolute Gasteiger partial charge is 0.211 e. The van der Waals surface area contributed by atoms with Crippen molar-refractivity contribution in [2.45, 2.75) is 13.0 Å². The zero-order valence-corrected chi connectivity index (χ0v) is 11.1. The second-order valence-corrected chi connectivity index (χ2v) is 5.13. The Labute approximate surface area is 109 Å². The summed E-state index contributed by atoms with van der Waals surface area (Å²) in [5.41, 5.74) is 1.12. The highest BCUT2D eigenvalue weighted by Gasteiger charge is 2.14. The van der Waals surface area contributed by atoms with E-state index in [-0.39, 0.29) is 6.04 Å². The van der Waals surface area contributed by atoms with E-state index in [1.807, 2.05) is 20.0 Å². The van der Waals surface area contributed by atoms with Crippen molar-refractivity contribution in [2.24, 2.45) is 0 Å². The van der Waals surface area contributed by atoms with Crippen molar-refractivity contribution in [3.05, 3.63) is 41.7 Å². The predicted octanol–water partition coefficient (Wildman–Crippen LogP) is 3.84. The summed E-state index contributed by atoms with van der Waals surface area (Å²) in [5.74, 6) is 1.56. The van der Waals surface area contributed by atoms with E-state index in [1.165, 1.54) is 10.1 Å². The molecule has 3 nitrogen and oxygen atoms in total. The number of thiophene rings is 1. The van der Waals surface area contributed by atoms with Crippen molar-refractivity contribution >= 4 is 21.4 Å². The molecule has 18 heavy (non-hydrogen) atoms. The summed E-state index contributed by atoms with van der Waals surface area (Å²) in [6.07, 6.45) is 1.80. The summed E-state index contributed by atoms with van der Waals surface area (Å²) in [7, 11) is 1.90. The Balaban J connectivity index is 2.07. The Kier molecular flexibility index (Phi) is 2.89. The van der Waals surface area contributed by atoms with Gasteiger partial charge in [0.25, 0.3) is 0 Å². The van der Waals surface area contributed by atoms with Crippen molar-refractivity contribution < 1.29 is 4.42 Å². The number of hydrogen-bond acceptors (Lipinski definition) is 4. The van der Waals surface area contributed by atoms with Gasteiger partial charge in [0.1, 0.15) is 0 Å². The molecular formula is C14H14N2OS. The molecule has 2 heterocycles. The summed E-state index contributed by atoms with van der Waals surface area (Å²) in [6.45, 7) is 2.03. The van der Waals surface area contributed by atoms with Gasteiger partial charge in [-0.1, -0.05) is 18.2 Å². The van der Waals surface area contributed by atoms with Crippen LogP contribution in [-0.4, -0.2) is 12.0 Å². The van der Waals surface area contributed by atoms with E-state index < -0.39 is 0 Å². The Morgan fingerprint density at radius 1 is 1.33 bits per heavy atom. The van der Waals surface area contributed by atoms with E-state index in [2.05, 4.69) is 33.9 Å². The zero-order chi connectivity index (χ0) is 12.5. The second kappa shape index (κ2) is 4.55. The average Bonchev–Trinajstić information content (AvgIpc) is 3.03. The Bertz CT molecular complexity index is 671. The number of oxazole rings is 1. The number of aromatic nitrogens is 1. The Morgan fingerprint density at radius 3 is 3.00 bits per heavy atom. The molecule has 0 aliphatic carbocycles. The van der Waals surface area contributed by atoms with Crippen molar-refractivity contribution in [1.29, 1.82) is 0 Å². The third kappa shape index (κ3) is 1.83. The van der Waals surface area contributed by atoms with Crippen LogP contribution in [0.15, 0.2) is 40.3 Å². The van der Waals surface area contributed by atoms with E-state index in [0.717, 1.165) is 17.2 Å². The molecule has 2 aromatic heterocycles. The van der Waals surface area contributed by atoms with Crippen LogP contribution in [0.3, 0.4) is 0 Å². The lowest BCUT2D eigenvalue weighted by atomic mass is 10.1. The average molecular weight is 258 g/mol. The first-order valence-corrected chi connectivity index (χ1v) is 6.77. The normalized spacial score (nSPS) is 13.0. The van der Waals surface area contributed by atoms with Crippen LogP contribution >= 0.6 is 11.3 Å². The first-order valence-electron chi connectivity index (χ1n) is 5.89. The van der Waals surface area contributed by atoms with E-state index in [1.54, 1.807) is 17.5 Å². The van der Waals surface area contributed by atoms with Gasteiger partial charge < -0.3 is 9.73 Å². The van der Waals surface area contributed by atoms with Gasteiger partial charge in [0, 0.05) is 21.0 Å². The van der Waals surface area contributed by atoms with E-state index in [9.17, 15) is 0 Å². The molecule has 1 N–H and O–H groups in total. The molecule has 0 amide bonds. The highest BCUT2D eigenvalue weighted by Crippen LogP contribution is 2.34. The second-order valence-electron chi connectivity index (χ2n) is 4.22. The van der Waals surface area contributed by atoms with E-state index >= 15 is 0 Å². The van der Waals surface area contributed by atoms with Gasteiger partial charge in [0.15, 0.2) is 5.76 Å². The van der Waals surface area contributed by atoms with Gasteiger partial charge in [-0.05, 0) is 20.0 Å². The summed E-state index contributed by atoms with van der Waals surface area (Å²) < 4.78 is 7.09. The number of nitrogens with one attached hydrogen (secondary N) is 1. The number of benzene rings is 1. The first kappa shape index (κ1) is 11.4. The molecule has 0 aliphatic heterocycles. The van der Waals surface area contributed by atoms with Crippen molar-refractivity contribution in [2.75, 3.05) is 7.05 Å². The number of rotatable bonds is 3. The fourth-order valence-electron chi connectivity index (χ4n) is 1.90. The number of nitrogens with zero attached hydrogens (tertiary/aromatic N) is 1. The molecule has 1 atom stereocenters. The fraction of sp³-hybridized carbons (Fsp3) is 0.214. The highest BCUT2D eigenvalue weighted by molar-refractivity contribution is 7.17. The fourth-order valence-corrected chi connectivity index (χ4v) is 2.85. The molecular weight excluding hydrogens is 244 g/mol. The SMILES string of the molecule is CNC(C)c1ncc(-c2csc3ccccc23)o1. The molecule has 92 valence electrons. The minimum absolute atomic E-state index is 0.128. The maximum Gasteiger partial charge on any atom is 0.211 e. The summed E-state index contributed by atoms with van der Waals surface area (Å²) in [6, 6.07) is 8.47. The van der Waals surface area contributed by atoms with Gasteiger partial charge in [0.2, 0.25) is 5.89 Å². The quantitative estimate of drug-likeness (QED) is 0.775. The van der Waals surface area contributed by atoms with Gasteiger partial charge in [-0.15, -0.1) is 11.3 Å². The lowest BCUT2D eigenvalue weighted by molar-refractivity contribution is 0.441. The van der Waals surface area contributed by atoms with E-state index in [0.29, 0.717) is 0 Å². The summed E-state index contributed by atoms with van der Waals surface area (Å²) in [5, 5.41) is 6.47. The van der Waals surface area contributed by atoms with Crippen LogP contribution in [0.1, 0.15) is 18.9 Å². The van der Waals surface area contributed by atoms with Gasteiger partial charge >= 0.3 is 0 Å². The molecule has 0 aliphatic rings. The van der Waals surface area contributed by atoms with Crippen molar-refractivity contribution in [3.63, 3.8) is 0 Å². The zero-order valence-electron chi connectivity index (χ0n) is 10.3. The topological polar surface area (TPSA) is 38.1 Å². The van der Waals surface area contributed by atoms with E-state index in [4.69, 9.17) is 4.42 Å². The minimum Gasteiger partial charge on any atom is -0.439 e. The van der Waals surface area contributed by atoms with Gasteiger partial charge in [-0.2, -0.15) is 0 Å². The van der Waals surface area contributed by atoms with Gasteiger partial charge in [-0.3, -0.25) is 0 Å². The Morgan fingerprint density at radius 2 is 2.17 bits per heavy atom. The predicted molar refractivity (Wildman–Crippen MR) is 74.8 cm³/mol. The van der Waals surface area contributed by atoms with Crippen LogP contribution in [0.25, 0.3) is 21.4 Å².